The molecule has 1 heterocycles. The van der Waals surface area contributed by atoms with Crippen molar-refractivity contribution in [2.24, 2.45) is 0 Å². The van der Waals surface area contributed by atoms with E-state index in [2.05, 4.69) is 0 Å². The summed E-state index contributed by atoms with van der Waals surface area (Å²) >= 11 is 1.10. The van der Waals surface area contributed by atoms with Crippen LogP contribution in [0.4, 0.5) is 13.3 Å². The van der Waals surface area contributed by atoms with Crippen LogP contribution in [0.1, 0.15) is 4.88 Å². The Morgan fingerprint density at radius 2 is 2.31 bits per heavy atom. The van der Waals surface area contributed by atoms with Crippen LogP contribution in [0, 0.1) is 0 Å². The SMILES string of the molecule is O=C(NF)C(F)(F)Cc1cccs1. The first kappa shape index (κ1) is 10.0. The lowest BCUT2D eigenvalue weighted by Crippen LogP contribution is -2.37. The molecule has 0 saturated heterocycles. The van der Waals surface area contributed by atoms with Crippen molar-refractivity contribution in [3.05, 3.63) is 22.4 Å². The number of rotatable bonds is 3. The maximum absolute atomic E-state index is 12.7. The molecule has 1 aromatic rings. The van der Waals surface area contributed by atoms with Gasteiger partial charge in [-0.2, -0.15) is 14.3 Å². The number of amides is 1. The van der Waals surface area contributed by atoms with Gasteiger partial charge in [0.1, 0.15) is 0 Å². The molecule has 0 bridgehead atoms. The molecule has 1 amide bonds. The summed E-state index contributed by atoms with van der Waals surface area (Å²) in [7, 11) is 0. The largest absolute Gasteiger partial charge is 0.331 e. The Labute approximate surface area is 76.3 Å². The highest BCUT2D eigenvalue weighted by atomic mass is 32.1. The predicted molar refractivity (Wildman–Crippen MR) is 42.2 cm³/mol. The summed E-state index contributed by atoms with van der Waals surface area (Å²) in [4.78, 5) is 10.7. The number of carbonyl (C=O) groups excluding carboxylic acids is 1. The van der Waals surface area contributed by atoms with Crippen molar-refractivity contribution in [1.29, 1.82) is 0 Å². The van der Waals surface area contributed by atoms with Crippen LogP contribution in [-0.4, -0.2) is 11.8 Å². The zero-order valence-corrected chi connectivity index (χ0v) is 7.21. The fraction of sp³-hybridized carbons (Fsp3) is 0.286. The fourth-order valence-corrected chi connectivity index (χ4v) is 1.54. The molecule has 72 valence electrons. The summed E-state index contributed by atoms with van der Waals surface area (Å²) in [5, 5.41) is 1.61. The third kappa shape index (κ3) is 2.45. The second kappa shape index (κ2) is 3.78. The Hall–Kier alpha value is -1.04. The maximum atomic E-state index is 12.7. The molecule has 0 spiro atoms. The molecule has 0 saturated carbocycles. The summed E-state index contributed by atoms with van der Waals surface area (Å²) in [6, 6.07) is 3.05. The van der Waals surface area contributed by atoms with E-state index in [1.165, 1.54) is 6.07 Å². The van der Waals surface area contributed by atoms with E-state index in [0.29, 0.717) is 10.4 Å². The first-order chi connectivity index (χ1) is 6.06. The van der Waals surface area contributed by atoms with E-state index in [0.717, 1.165) is 11.3 Å². The minimum Gasteiger partial charge on any atom is -0.265 e. The molecule has 0 aliphatic heterocycles. The Balaban J connectivity index is 2.67. The van der Waals surface area contributed by atoms with Crippen molar-refractivity contribution < 1.29 is 18.1 Å². The van der Waals surface area contributed by atoms with Crippen molar-refractivity contribution in [2.75, 3.05) is 0 Å². The molecule has 1 rings (SSSR count). The van der Waals surface area contributed by atoms with E-state index in [4.69, 9.17) is 0 Å². The molecule has 0 atom stereocenters. The summed E-state index contributed by atoms with van der Waals surface area (Å²) in [5.41, 5.74) is 0.433. The van der Waals surface area contributed by atoms with Gasteiger partial charge in [0.25, 0.3) is 0 Å². The monoisotopic (exact) mass is 209 g/mol. The third-order valence-corrected chi connectivity index (χ3v) is 2.27. The maximum Gasteiger partial charge on any atom is 0.331 e. The lowest BCUT2D eigenvalue weighted by molar-refractivity contribution is -0.150. The lowest BCUT2D eigenvalue weighted by Gasteiger charge is -2.10. The van der Waals surface area contributed by atoms with Gasteiger partial charge in [-0.05, 0) is 11.4 Å². The molecular weight excluding hydrogens is 203 g/mol. The van der Waals surface area contributed by atoms with Crippen LogP contribution in [-0.2, 0) is 11.2 Å². The van der Waals surface area contributed by atoms with Crippen LogP contribution in [0.3, 0.4) is 0 Å². The van der Waals surface area contributed by atoms with E-state index >= 15 is 0 Å². The van der Waals surface area contributed by atoms with Crippen molar-refractivity contribution in [1.82, 2.24) is 5.54 Å². The van der Waals surface area contributed by atoms with Crippen LogP contribution in [0.2, 0.25) is 0 Å². The minimum atomic E-state index is -3.68. The summed E-state index contributed by atoms with van der Waals surface area (Å²) in [5.74, 6) is -5.58. The number of hydrogen-bond acceptors (Lipinski definition) is 2. The Morgan fingerprint density at radius 3 is 2.77 bits per heavy atom. The molecule has 13 heavy (non-hydrogen) atoms. The number of thiophene rings is 1. The lowest BCUT2D eigenvalue weighted by atomic mass is 10.2. The Bertz CT molecular complexity index is 286. The summed E-state index contributed by atoms with van der Waals surface area (Å²) in [6.07, 6.45) is -0.763. The van der Waals surface area contributed by atoms with E-state index in [-0.39, 0.29) is 0 Å². The smallest absolute Gasteiger partial charge is 0.265 e. The van der Waals surface area contributed by atoms with Crippen LogP contribution in [0.25, 0.3) is 0 Å². The van der Waals surface area contributed by atoms with Gasteiger partial charge in [0.05, 0.1) is 6.42 Å². The zero-order valence-electron chi connectivity index (χ0n) is 6.39. The molecule has 0 fully saturated rings. The molecule has 0 radical (unpaired) electrons. The molecule has 0 aliphatic rings. The molecule has 0 aromatic carbocycles. The van der Waals surface area contributed by atoms with E-state index in [1.807, 2.05) is 0 Å². The van der Waals surface area contributed by atoms with Crippen molar-refractivity contribution in [3.63, 3.8) is 0 Å². The molecule has 1 aromatic heterocycles. The number of halogens is 3. The molecule has 6 heteroatoms. The van der Waals surface area contributed by atoms with E-state index in [1.54, 1.807) is 11.4 Å². The highest BCUT2D eigenvalue weighted by Gasteiger charge is 2.39. The van der Waals surface area contributed by atoms with Crippen molar-refractivity contribution >= 4 is 17.2 Å². The first-order valence-electron chi connectivity index (χ1n) is 3.37. The van der Waals surface area contributed by atoms with Gasteiger partial charge in [-0.15, -0.1) is 15.8 Å². The minimum absolute atomic E-state index is 0.341. The van der Waals surface area contributed by atoms with Gasteiger partial charge >= 0.3 is 11.8 Å². The number of alkyl halides is 2. The highest BCUT2D eigenvalue weighted by molar-refractivity contribution is 7.09. The third-order valence-electron chi connectivity index (χ3n) is 1.39. The second-order valence-electron chi connectivity index (χ2n) is 2.38. The Morgan fingerprint density at radius 1 is 1.62 bits per heavy atom. The van der Waals surface area contributed by atoms with Crippen LogP contribution in [0.5, 0.6) is 0 Å². The average Bonchev–Trinajstić information content (AvgIpc) is 2.54. The molecule has 0 aliphatic carbocycles. The topological polar surface area (TPSA) is 29.1 Å². The average molecular weight is 209 g/mol. The molecule has 1 N–H and O–H groups in total. The van der Waals surface area contributed by atoms with Gasteiger partial charge in [0.15, 0.2) is 0 Å². The van der Waals surface area contributed by atoms with E-state index < -0.39 is 18.3 Å². The number of nitrogens with one attached hydrogen (secondary N) is 1. The summed E-state index contributed by atoms with van der Waals surface area (Å²) in [6.45, 7) is 0. The number of carbonyl (C=O) groups is 1. The zero-order chi connectivity index (χ0) is 9.90. The Kier molecular flexibility index (Phi) is 2.92. The molecule has 0 unspecified atom stereocenters. The fourth-order valence-electron chi connectivity index (χ4n) is 0.781. The van der Waals surface area contributed by atoms with Gasteiger partial charge in [-0.25, -0.2) is 0 Å². The van der Waals surface area contributed by atoms with Crippen LogP contribution in [0.15, 0.2) is 17.5 Å². The van der Waals surface area contributed by atoms with E-state index in [9.17, 15) is 18.1 Å². The quantitative estimate of drug-likeness (QED) is 0.757. The van der Waals surface area contributed by atoms with Crippen LogP contribution >= 0.6 is 11.3 Å². The predicted octanol–water partition coefficient (Wildman–Crippen LogP) is 1.93. The van der Waals surface area contributed by atoms with Gasteiger partial charge in [0, 0.05) is 4.88 Å². The summed E-state index contributed by atoms with van der Waals surface area (Å²) < 4.78 is 36.9. The number of hydrogen-bond donors (Lipinski definition) is 1. The van der Waals surface area contributed by atoms with Crippen molar-refractivity contribution in [2.45, 2.75) is 12.3 Å². The normalized spacial score (nSPS) is 11.3. The van der Waals surface area contributed by atoms with Gasteiger partial charge in [-0.1, -0.05) is 6.07 Å². The van der Waals surface area contributed by atoms with Gasteiger partial charge in [0.2, 0.25) is 0 Å². The standard InChI is InChI=1S/C7H6F3NOS/c8-7(9,6(12)11-10)4-5-2-1-3-13-5/h1-3H,4H2,(H,11,12). The van der Waals surface area contributed by atoms with Gasteiger partial charge < -0.3 is 0 Å². The molecule has 2 nitrogen and oxygen atoms in total. The van der Waals surface area contributed by atoms with Crippen LogP contribution < -0.4 is 5.54 Å². The van der Waals surface area contributed by atoms with Crippen molar-refractivity contribution in [3.8, 4) is 0 Å². The second-order valence-corrected chi connectivity index (χ2v) is 3.42. The molecular formula is C7H6F3NOS. The van der Waals surface area contributed by atoms with Gasteiger partial charge in [-0.3, -0.25) is 4.79 Å². The highest BCUT2D eigenvalue weighted by Crippen LogP contribution is 2.23. The first-order valence-corrected chi connectivity index (χ1v) is 4.25.